The number of aryl methyl sites for hydroxylation is 1. The normalized spacial score (nSPS) is 10.3. The smallest absolute Gasteiger partial charge is 0.137 e. The molecule has 108 valence electrons. The van der Waals surface area contributed by atoms with Gasteiger partial charge < -0.3 is 4.98 Å². The molecule has 1 heterocycles. The molecule has 0 saturated carbocycles. The van der Waals surface area contributed by atoms with E-state index in [-0.39, 0.29) is 0 Å². The van der Waals surface area contributed by atoms with Gasteiger partial charge in [-0.05, 0) is 5.56 Å². The number of nitrogens with zero attached hydrogens (tertiary/aromatic N) is 2. The predicted octanol–water partition coefficient (Wildman–Crippen LogP) is 4.12. The molecule has 0 spiro atoms. The van der Waals surface area contributed by atoms with Crippen molar-refractivity contribution in [2.75, 3.05) is 0 Å². The van der Waals surface area contributed by atoms with Crippen LogP contribution in [-0.2, 0) is 12.8 Å². The summed E-state index contributed by atoms with van der Waals surface area (Å²) in [6.07, 6.45) is 1.98. The fraction of sp³-hybridized carbons (Fsp3) is 0.158. The third-order valence-electron chi connectivity index (χ3n) is 3.61. The van der Waals surface area contributed by atoms with Gasteiger partial charge in [0.05, 0.1) is 11.8 Å². The van der Waals surface area contributed by atoms with Crippen molar-refractivity contribution in [3.05, 3.63) is 77.6 Å². The maximum absolute atomic E-state index is 8.84. The van der Waals surface area contributed by atoms with E-state index < -0.39 is 0 Å². The number of nitrogens with one attached hydrogen (secondary N) is 1. The summed E-state index contributed by atoms with van der Waals surface area (Å²) in [4.78, 5) is 8.14. The molecule has 0 aliphatic carbocycles. The molecule has 0 radical (unpaired) electrons. The van der Waals surface area contributed by atoms with Crippen LogP contribution in [0.2, 0.25) is 0 Å². The van der Waals surface area contributed by atoms with Crippen LogP contribution in [0.4, 0.5) is 0 Å². The van der Waals surface area contributed by atoms with Gasteiger partial charge in [0.15, 0.2) is 0 Å². The molecule has 1 N–H and O–H groups in total. The number of aromatic nitrogens is 2. The van der Waals surface area contributed by atoms with Crippen molar-refractivity contribution < 1.29 is 0 Å². The molecule has 3 nitrogen and oxygen atoms in total. The van der Waals surface area contributed by atoms with E-state index in [2.05, 4.69) is 23.2 Å². The zero-order valence-electron chi connectivity index (χ0n) is 12.3. The second kappa shape index (κ2) is 6.73. The molecule has 0 bridgehead atoms. The van der Waals surface area contributed by atoms with Crippen molar-refractivity contribution >= 4 is 0 Å². The second-order valence-corrected chi connectivity index (χ2v) is 5.20. The first-order valence-corrected chi connectivity index (χ1v) is 7.41. The SMILES string of the molecule is N#CCCc1nc(-c2ccccc2)[nH]c1Cc1ccccc1. The Balaban J connectivity index is 1.93. The van der Waals surface area contributed by atoms with E-state index in [1.165, 1.54) is 5.56 Å². The first-order chi connectivity index (χ1) is 10.9. The Morgan fingerprint density at radius 2 is 1.64 bits per heavy atom. The Kier molecular flexibility index (Phi) is 4.31. The molecule has 0 fully saturated rings. The van der Waals surface area contributed by atoms with E-state index >= 15 is 0 Å². The van der Waals surface area contributed by atoms with Gasteiger partial charge >= 0.3 is 0 Å². The summed E-state index contributed by atoms with van der Waals surface area (Å²) in [5.41, 5.74) is 4.40. The summed E-state index contributed by atoms with van der Waals surface area (Å²) < 4.78 is 0. The number of imidazole rings is 1. The van der Waals surface area contributed by atoms with E-state index in [1.807, 2.05) is 48.5 Å². The van der Waals surface area contributed by atoms with Crippen LogP contribution in [0.3, 0.4) is 0 Å². The van der Waals surface area contributed by atoms with Crippen molar-refractivity contribution in [1.82, 2.24) is 9.97 Å². The van der Waals surface area contributed by atoms with Crippen LogP contribution in [0.25, 0.3) is 11.4 Å². The lowest BCUT2D eigenvalue weighted by Crippen LogP contribution is -1.95. The highest BCUT2D eigenvalue weighted by Gasteiger charge is 2.11. The van der Waals surface area contributed by atoms with Crippen LogP contribution in [0, 0.1) is 11.3 Å². The van der Waals surface area contributed by atoms with Crippen molar-refractivity contribution in [1.29, 1.82) is 5.26 Å². The maximum Gasteiger partial charge on any atom is 0.137 e. The van der Waals surface area contributed by atoms with Gasteiger partial charge in [-0.2, -0.15) is 5.26 Å². The van der Waals surface area contributed by atoms with Gasteiger partial charge in [-0.3, -0.25) is 0 Å². The van der Waals surface area contributed by atoms with Gasteiger partial charge in [0.1, 0.15) is 5.82 Å². The minimum absolute atomic E-state index is 0.487. The molecule has 3 aromatic rings. The number of benzene rings is 2. The molecule has 0 aliphatic rings. The molecule has 0 atom stereocenters. The van der Waals surface area contributed by atoms with E-state index in [0.29, 0.717) is 12.8 Å². The summed E-state index contributed by atoms with van der Waals surface area (Å²) in [5.74, 6) is 0.875. The zero-order valence-corrected chi connectivity index (χ0v) is 12.3. The minimum atomic E-state index is 0.487. The molecule has 22 heavy (non-hydrogen) atoms. The maximum atomic E-state index is 8.84. The van der Waals surface area contributed by atoms with E-state index in [0.717, 1.165) is 29.2 Å². The van der Waals surface area contributed by atoms with Gasteiger partial charge in [0, 0.05) is 30.5 Å². The predicted molar refractivity (Wildman–Crippen MR) is 87.2 cm³/mol. The average molecular weight is 287 g/mol. The molecule has 2 aromatic carbocycles. The van der Waals surface area contributed by atoms with Crippen molar-refractivity contribution in [3.8, 4) is 17.5 Å². The molecule has 0 amide bonds. The first-order valence-electron chi connectivity index (χ1n) is 7.41. The quantitative estimate of drug-likeness (QED) is 0.767. The molecular formula is C19H17N3. The summed E-state index contributed by atoms with van der Waals surface area (Å²) in [5, 5.41) is 8.84. The summed E-state index contributed by atoms with van der Waals surface area (Å²) >= 11 is 0. The average Bonchev–Trinajstić information content (AvgIpc) is 2.97. The van der Waals surface area contributed by atoms with Gasteiger partial charge in [-0.15, -0.1) is 0 Å². The van der Waals surface area contributed by atoms with Crippen molar-refractivity contribution in [3.63, 3.8) is 0 Å². The molecule has 0 unspecified atom stereocenters. The van der Waals surface area contributed by atoms with E-state index in [4.69, 9.17) is 10.2 Å². The zero-order chi connectivity index (χ0) is 15.2. The number of hydrogen-bond acceptors (Lipinski definition) is 2. The Morgan fingerprint density at radius 3 is 2.32 bits per heavy atom. The summed E-state index contributed by atoms with van der Waals surface area (Å²) in [6.45, 7) is 0. The van der Waals surface area contributed by atoms with Gasteiger partial charge in [-0.25, -0.2) is 4.98 Å². The number of nitriles is 1. The third-order valence-corrected chi connectivity index (χ3v) is 3.61. The molecular weight excluding hydrogens is 270 g/mol. The lowest BCUT2D eigenvalue weighted by atomic mass is 10.1. The molecule has 3 heteroatoms. The number of rotatable bonds is 5. The molecule has 0 saturated heterocycles. The lowest BCUT2D eigenvalue weighted by molar-refractivity contribution is 0.934. The monoisotopic (exact) mass is 287 g/mol. The van der Waals surface area contributed by atoms with E-state index in [9.17, 15) is 0 Å². The summed E-state index contributed by atoms with van der Waals surface area (Å²) in [7, 11) is 0. The van der Waals surface area contributed by atoms with Crippen LogP contribution in [-0.4, -0.2) is 9.97 Å². The second-order valence-electron chi connectivity index (χ2n) is 5.20. The molecule has 0 aliphatic heterocycles. The largest absolute Gasteiger partial charge is 0.341 e. The fourth-order valence-electron chi connectivity index (χ4n) is 2.51. The highest BCUT2D eigenvalue weighted by Crippen LogP contribution is 2.21. The Morgan fingerprint density at radius 1 is 0.955 bits per heavy atom. The first kappa shape index (κ1) is 14.1. The Hall–Kier alpha value is -2.86. The summed E-state index contributed by atoms with van der Waals surface area (Å²) in [6, 6.07) is 22.6. The topological polar surface area (TPSA) is 52.5 Å². The highest BCUT2D eigenvalue weighted by atomic mass is 14.9. The van der Waals surface area contributed by atoms with E-state index in [1.54, 1.807) is 0 Å². The van der Waals surface area contributed by atoms with Crippen LogP contribution >= 0.6 is 0 Å². The third kappa shape index (κ3) is 3.24. The van der Waals surface area contributed by atoms with Crippen molar-refractivity contribution in [2.24, 2.45) is 0 Å². The number of aromatic amines is 1. The lowest BCUT2D eigenvalue weighted by Gasteiger charge is -2.01. The minimum Gasteiger partial charge on any atom is -0.341 e. The Labute approximate surface area is 130 Å². The molecule has 3 rings (SSSR count). The standard InChI is InChI=1S/C19H17N3/c20-13-7-12-17-18(14-15-8-3-1-4-9-15)22-19(21-17)16-10-5-2-6-11-16/h1-6,8-11H,7,12,14H2,(H,21,22). The van der Waals surface area contributed by atoms with Crippen LogP contribution in [0.5, 0.6) is 0 Å². The molecule has 1 aromatic heterocycles. The van der Waals surface area contributed by atoms with Crippen LogP contribution in [0.1, 0.15) is 23.4 Å². The van der Waals surface area contributed by atoms with Crippen LogP contribution in [0.15, 0.2) is 60.7 Å². The number of hydrogen-bond donors (Lipinski definition) is 1. The number of H-pyrrole nitrogens is 1. The van der Waals surface area contributed by atoms with Crippen molar-refractivity contribution in [2.45, 2.75) is 19.3 Å². The van der Waals surface area contributed by atoms with Gasteiger partial charge in [0.25, 0.3) is 0 Å². The van der Waals surface area contributed by atoms with Gasteiger partial charge in [0.2, 0.25) is 0 Å². The van der Waals surface area contributed by atoms with Crippen LogP contribution < -0.4 is 0 Å². The highest BCUT2D eigenvalue weighted by molar-refractivity contribution is 5.56. The fourth-order valence-corrected chi connectivity index (χ4v) is 2.51. The van der Waals surface area contributed by atoms with Gasteiger partial charge in [-0.1, -0.05) is 60.7 Å². The Bertz CT molecular complexity index is 767.